The second kappa shape index (κ2) is 5.37. The van der Waals surface area contributed by atoms with Crippen molar-refractivity contribution in [2.24, 2.45) is 0 Å². The molecule has 1 atom stereocenters. The summed E-state index contributed by atoms with van der Waals surface area (Å²) in [5.41, 5.74) is 5.65. The fraction of sp³-hybridized carbons (Fsp3) is 0.667. The average molecular weight is 306 g/mol. The van der Waals surface area contributed by atoms with Gasteiger partial charge in [0.15, 0.2) is 15.0 Å². The molecule has 2 heterocycles. The molecule has 8 nitrogen and oxygen atoms in total. The maximum atomic E-state index is 11.8. The van der Waals surface area contributed by atoms with Crippen molar-refractivity contribution in [2.45, 2.75) is 29.8 Å². The third kappa shape index (κ3) is 3.18. The van der Waals surface area contributed by atoms with E-state index in [9.17, 15) is 13.2 Å². The molecule has 1 saturated heterocycles. The summed E-state index contributed by atoms with van der Waals surface area (Å²) in [7, 11) is -3.09. The molecule has 2 rings (SSSR count). The van der Waals surface area contributed by atoms with Gasteiger partial charge in [-0.3, -0.25) is 9.36 Å². The molecule has 0 spiro atoms. The van der Waals surface area contributed by atoms with Crippen molar-refractivity contribution in [3.05, 3.63) is 0 Å². The molecule has 0 aromatic carbocycles. The minimum absolute atomic E-state index is 0.106. The summed E-state index contributed by atoms with van der Waals surface area (Å²) < 4.78 is 25.0. The predicted octanol–water partition coefficient (Wildman–Crippen LogP) is -0.386. The van der Waals surface area contributed by atoms with Crippen molar-refractivity contribution in [3.63, 3.8) is 0 Å². The number of sulfone groups is 1. The number of hydrogen-bond acceptors (Lipinski definition) is 7. The fourth-order valence-corrected chi connectivity index (χ4v) is 4.45. The number of aromatic nitrogens is 3. The fourth-order valence-electron chi connectivity index (χ4n) is 1.97. The highest BCUT2D eigenvalue weighted by Gasteiger charge is 2.32. The Balaban J connectivity index is 2.15. The van der Waals surface area contributed by atoms with E-state index >= 15 is 0 Å². The van der Waals surface area contributed by atoms with Crippen molar-refractivity contribution < 1.29 is 18.3 Å². The molecule has 1 fully saturated rings. The van der Waals surface area contributed by atoms with E-state index < -0.39 is 21.1 Å². The molecule has 1 aromatic heterocycles. The minimum Gasteiger partial charge on any atom is -0.481 e. The summed E-state index contributed by atoms with van der Waals surface area (Å²) in [6.45, 7) is 0.184. The van der Waals surface area contributed by atoms with Gasteiger partial charge in [-0.15, -0.1) is 10.2 Å². The van der Waals surface area contributed by atoms with Crippen LogP contribution in [0.15, 0.2) is 5.16 Å². The van der Waals surface area contributed by atoms with Gasteiger partial charge in [0.2, 0.25) is 5.95 Å². The van der Waals surface area contributed by atoms with Crippen LogP contribution in [-0.2, 0) is 21.2 Å². The number of carbonyl (C=O) groups is 1. The van der Waals surface area contributed by atoms with Gasteiger partial charge in [0.25, 0.3) is 0 Å². The number of aliphatic carboxylic acids is 1. The van der Waals surface area contributed by atoms with Gasteiger partial charge in [-0.2, -0.15) is 0 Å². The second-order valence-corrected chi connectivity index (χ2v) is 7.61. The lowest BCUT2D eigenvalue weighted by Crippen LogP contribution is -2.23. The molecule has 106 valence electrons. The van der Waals surface area contributed by atoms with Gasteiger partial charge < -0.3 is 10.8 Å². The van der Waals surface area contributed by atoms with E-state index in [1.807, 2.05) is 0 Å². The van der Waals surface area contributed by atoms with E-state index in [1.165, 1.54) is 4.57 Å². The number of nitrogens with zero attached hydrogens (tertiary/aromatic N) is 3. The van der Waals surface area contributed by atoms with Crippen LogP contribution in [0.4, 0.5) is 5.95 Å². The first-order valence-electron chi connectivity index (χ1n) is 5.65. The van der Waals surface area contributed by atoms with Gasteiger partial charge >= 0.3 is 5.97 Å². The topological polar surface area (TPSA) is 128 Å². The smallest absolute Gasteiger partial charge is 0.313 e. The standard InChI is InChI=1S/C9H14N4O4S2/c10-8-11-12-9(18-5-7(14)15)13(8)4-6-2-1-3-19(6,16)17/h6H,1-5H2,(H2,10,11)(H,14,15). The zero-order valence-electron chi connectivity index (χ0n) is 10.0. The van der Waals surface area contributed by atoms with Gasteiger partial charge in [-0.1, -0.05) is 11.8 Å². The Labute approximate surface area is 114 Å². The van der Waals surface area contributed by atoms with E-state index in [0.29, 0.717) is 18.0 Å². The van der Waals surface area contributed by atoms with Crippen molar-refractivity contribution in [1.82, 2.24) is 14.8 Å². The number of nitrogen functional groups attached to an aromatic ring is 1. The van der Waals surface area contributed by atoms with Crippen molar-refractivity contribution in [3.8, 4) is 0 Å². The SMILES string of the molecule is Nc1nnc(SCC(=O)O)n1CC1CCCS1(=O)=O. The van der Waals surface area contributed by atoms with Gasteiger partial charge in [0, 0.05) is 6.54 Å². The Morgan fingerprint density at radius 2 is 2.26 bits per heavy atom. The molecule has 1 aliphatic heterocycles. The third-order valence-electron chi connectivity index (χ3n) is 2.92. The summed E-state index contributed by atoms with van der Waals surface area (Å²) in [4.78, 5) is 10.5. The quantitative estimate of drug-likeness (QED) is 0.704. The molecular formula is C9H14N4O4S2. The molecular weight excluding hydrogens is 292 g/mol. The van der Waals surface area contributed by atoms with Crippen LogP contribution in [0.3, 0.4) is 0 Å². The summed E-state index contributed by atoms with van der Waals surface area (Å²) in [6, 6.07) is 0. The monoisotopic (exact) mass is 306 g/mol. The van der Waals surface area contributed by atoms with Crippen molar-refractivity contribution in [1.29, 1.82) is 0 Å². The molecule has 0 bridgehead atoms. The Kier molecular flexibility index (Phi) is 3.99. The van der Waals surface area contributed by atoms with E-state index in [0.717, 1.165) is 11.8 Å². The van der Waals surface area contributed by atoms with Crippen LogP contribution in [0.2, 0.25) is 0 Å². The summed E-state index contributed by atoms with van der Waals surface area (Å²) >= 11 is 0.974. The zero-order chi connectivity index (χ0) is 14.0. The van der Waals surface area contributed by atoms with Gasteiger partial charge in [-0.05, 0) is 12.8 Å². The largest absolute Gasteiger partial charge is 0.481 e. The highest BCUT2D eigenvalue weighted by atomic mass is 32.2. The van der Waals surface area contributed by atoms with Crippen LogP contribution in [-0.4, -0.2) is 51.0 Å². The van der Waals surface area contributed by atoms with Gasteiger partial charge in [0.1, 0.15) is 0 Å². The molecule has 1 aliphatic rings. The molecule has 19 heavy (non-hydrogen) atoms. The summed E-state index contributed by atoms with van der Waals surface area (Å²) in [6.07, 6.45) is 1.23. The van der Waals surface area contributed by atoms with Crippen molar-refractivity contribution >= 4 is 33.5 Å². The van der Waals surface area contributed by atoms with Gasteiger partial charge in [0.05, 0.1) is 16.8 Å². The molecule has 0 saturated carbocycles. The van der Waals surface area contributed by atoms with E-state index in [2.05, 4.69) is 10.2 Å². The van der Waals surface area contributed by atoms with Crippen LogP contribution in [0.1, 0.15) is 12.8 Å². The highest BCUT2D eigenvalue weighted by Crippen LogP contribution is 2.25. The molecule has 1 unspecified atom stereocenters. The number of carboxylic acid groups (broad SMARTS) is 1. The number of nitrogens with two attached hydrogens (primary N) is 1. The molecule has 0 amide bonds. The van der Waals surface area contributed by atoms with Crippen LogP contribution in [0.25, 0.3) is 0 Å². The Morgan fingerprint density at radius 1 is 1.53 bits per heavy atom. The molecule has 10 heteroatoms. The van der Waals surface area contributed by atoms with Crippen molar-refractivity contribution in [2.75, 3.05) is 17.2 Å². The lowest BCUT2D eigenvalue weighted by Gasteiger charge is -2.12. The lowest BCUT2D eigenvalue weighted by atomic mass is 10.2. The Morgan fingerprint density at radius 3 is 2.84 bits per heavy atom. The third-order valence-corrected chi connectivity index (χ3v) is 6.13. The predicted molar refractivity (Wildman–Crippen MR) is 69.6 cm³/mol. The van der Waals surface area contributed by atoms with Crippen LogP contribution < -0.4 is 5.73 Å². The zero-order valence-corrected chi connectivity index (χ0v) is 11.7. The summed E-state index contributed by atoms with van der Waals surface area (Å²) in [5, 5.41) is 15.9. The van der Waals surface area contributed by atoms with Crippen LogP contribution in [0, 0.1) is 0 Å². The lowest BCUT2D eigenvalue weighted by molar-refractivity contribution is -0.133. The highest BCUT2D eigenvalue weighted by molar-refractivity contribution is 7.99. The van der Waals surface area contributed by atoms with Crippen LogP contribution in [0.5, 0.6) is 0 Å². The maximum absolute atomic E-state index is 11.8. The summed E-state index contributed by atoms with van der Waals surface area (Å²) in [5.74, 6) is -0.853. The Bertz CT molecular complexity index is 583. The number of carboxylic acids is 1. The molecule has 0 aliphatic carbocycles. The normalized spacial score (nSPS) is 21.6. The van der Waals surface area contributed by atoms with Crippen LogP contribution >= 0.6 is 11.8 Å². The van der Waals surface area contributed by atoms with Gasteiger partial charge in [-0.25, -0.2) is 8.42 Å². The number of thioether (sulfide) groups is 1. The first-order valence-corrected chi connectivity index (χ1v) is 8.35. The first kappa shape index (κ1) is 14.1. The number of anilines is 1. The molecule has 0 radical (unpaired) electrons. The van der Waals surface area contributed by atoms with E-state index in [1.54, 1.807) is 0 Å². The molecule has 3 N–H and O–H groups in total. The minimum atomic E-state index is -3.09. The van der Waals surface area contributed by atoms with E-state index in [-0.39, 0.29) is 24.0 Å². The average Bonchev–Trinajstić information content (AvgIpc) is 2.82. The first-order chi connectivity index (χ1) is 8.90. The molecule has 1 aromatic rings. The number of hydrogen-bond donors (Lipinski definition) is 2. The second-order valence-electron chi connectivity index (χ2n) is 4.27. The Hall–Kier alpha value is -1.29. The van der Waals surface area contributed by atoms with E-state index in [4.69, 9.17) is 10.8 Å². The number of rotatable bonds is 5. The maximum Gasteiger partial charge on any atom is 0.313 e.